The summed E-state index contributed by atoms with van der Waals surface area (Å²) in [6.07, 6.45) is 5.14. The molecule has 134 valence electrons. The zero-order valence-electron chi connectivity index (χ0n) is 15.2. The molecule has 0 N–H and O–H groups in total. The maximum atomic E-state index is 12.1. The van der Waals surface area contributed by atoms with Gasteiger partial charge in [0.25, 0.3) is 0 Å². The number of nitrogens with zero attached hydrogens (tertiary/aromatic N) is 3. The molecule has 4 nitrogen and oxygen atoms in total. The van der Waals surface area contributed by atoms with Crippen molar-refractivity contribution in [3.05, 3.63) is 77.1 Å². The Labute approximate surface area is 159 Å². The molecule has 0 saturated heterocycles. The fourth-order valence-electron chi connectivity index (χ4n) is 3.16. The molecule has 1 unspecified atom stereocenters. The number of aldehydes is 1. The van der Waals surface area contributed by atoms with Crippen molar-refractivity contribution in [2.75, 3.05) is 11.9 Å². The molecule has 1 atom stereocenters. The first-order chi connectivity index (χ1) is 12.4. The number of carbonyl (C=O) groups is 1. The third-order valence-corrected chi connectivity index (χ3v) is 4.76. The van der Waals surface area contributed by atoms with Crippen LogP contribution in [0.1, 0.15) is 18.1 Å². The molecular weight excluding hydrogens is 346 g/mol. The zero-order chi connectivity index (χ0) is 18.7. The maximum absolute atomic E-state index is 12.1. The van der Waals surface area contributed by atoms with E-state index in [1.807, 2.05) is 85.1 Å². The second-order valence-corrected chi connectivity index (χ2v) is 7.22. The molecular formula is C21H22ClN3O. The highest BCUT2D eigenvalue weighted by atomic mass is 35.5. The molecule has 0 bridgehead atoms. The Morgan fingerprint density at radius 3 is 2.62 bits per heavy atom. The quantitative estimate of drug-likeness (QED) is 0.589. The summed E-state index contributed by atoms with van der Waals surface area (Å²) in [5.41, 5.74) is 2.35. The molecule has 2 aromatic carbocycles. The van der Waals surface area contributed by atoms with Crippen molar-refractivity contribution >= 4 is 29.5 Å². The van der Waals surface area contributed by atoms with E-state index in [9.17, 15) is 4.79 Å². The summed E-state index contributed by atoms with van der Waals surface area (Å²) in [4.78, 5) is 18.5. The van der Waals surface area contributed by atoms with Crippen LogP contribution >= 0.6 is 11.6 Å². The van der Waals surface area contributed by atoms with Gasteiger partial charge in [0.2, 0.25) is 5.95 Å². The van der Waals surface area contributed by atoms with Crippen LogP contribution in [-0.2, 0) is 16.8 Å². The first kappa shape index (κ1) is 18.2. The number of aryl methyl sites for hydroxylation is 1. The van der Waals surface area contributed by atoms with Crippen LogP contribution in [0, 0.1) is 6.92 Å². The van der Waals surface area contributed by atoms with Gasteiger partial charge in [-0.15, -0.1) is 0 Å². The summed E-state index contributed by atoms with van der Waals surface area (Å²) < 4.78 is 1.92. The molecule has 26 heavy (non-hydrogen) atoms. The van der Waals surface area contributed by atoms with Gasteiger partial charge in [-0.2, -0.15) is 0 Å². The molecule has 5 heteroatoms. The van der Waals surface area contributed by atoms with Crippen molar-refractivity contribution in [2.45, 2.75) is 25.8 Å². The molecule has 0 saturated carbocycles. The summed E-state index contributed by atoms with van der Waals surface area (Å²) in [7, 11) is 1.93. The fourth-order valence-corrected chi connectivity index (χ4v) is 3.45. The Kier molecular flexibility index (Phi) is 5.14. The van der Waals surface area contributed by atoms with E-state index in [1.54, 1.807) is 6.20 Å². The van der Waals surface area contributed by atoms with Gasteiger partial charge in [0.15, 0.2) is 0 Å². The SMILES string of the molecule is Cc1cc(Cl)cc(N(C)c2nccn2C(C)(C=O)Cc2ccccc2)c1. The number of hydrogen-bond acceptors (Lipinski definition) is 3. The Hall–Kier alpha value is -2.59. The van der Waals surface area contributed by atoms with Crippen LogP contribution in [-0.4, -0.2) is 22.9 Å². The van der Waals surface area contributed by atoms with Crippen molar-refractivity contribution in [3.63, 3.8) is 0 Å². The molecule has 0 aliphatic heterocycles. The fraction of sp³-hybridized carbons (Fsp3) is 0.238. The van der Waals surface area contributed by atoms with E-state index >= 15 is 0 Å². The Bertz CT molecular complexity index is 886. The predicted octanol–water partition coefficient (Wildman–Crippen LogP) is 4.77. The standard InChI is InChI=1S/C21H22ClN3O/c1-16-11-18(22)13-19(12-16)24(3)20-23-9-10-25(20)21(2,15-26)14-17-7-5-4-6-8-17/h4-13,15H,14H2,1-3H3. The highest BCUT2D eigenvalue weighted by molar-refractivity contribution is 6.31. The predicted molar refractivity (Wildman–Crippen MR) is 106 cm³/mol. The van der Waals surface area contributed by atoms with Gasteiger partial charge in [0.05, 0.1) is 0 Å². The molecule has 0 aliphatic rings. The number of anilines is 2. The topological polar surface area (TPSA) is 38.1 Å². The average Bonchev–Trinajstić information content (AvgIpc) is 3.11. The summed E-state index contributed by atoms with van der Waals surface area (Å²) in [6.45, 7) is 3.93. The van der Waals surface area contributed by atoms with Gasteiger partial charge >= 0.3 is 0 Å². The number of carbonyl (C=O) groups excluding carboxylic acids is 1. The Morgan fingerprint density at radius 1 is 1.23 bits per heavy atom. The Balaban J connectivity index is 1.99. The lowest BCUT2D eigenvalue weighted by atomic mass is 9.94. The van der Waals surface area contributed by atoms with Crippen molar-refractivity contribution in [2.24, 2.45) is 0 Å². The van der Waals surface area contributed by atoms with E-state index in [4.69, 9.17) is 11.6 Å². The third kappa shape index (κ3) is 3.65. The number of aromatic nitrogens is 2. The van der Waals surface area contributed by atoms with Crippen LogP contribution < -0.4 is 4.90 Å². The molecule has 0 aliphatic carbocycles. The highest BCUT2D eigenvalue weighted by Crippen LogP contribution is 2.30. The van der Waals surface area contributed by atoms with E-state index in [1.165, 1.54) is 0 Å². The van der Waals surface area contributed by atoms with Crippen molar-refractivity contribution in [1.29, 1.82) is 0 Å². The van der Waals surface area contributed by atoms with E-state index in [-0.39, 0.29) is 0 Å². The third-order valence-electron chi connectivity index (χ3n) is 4.54. The van der Waals surface area contributed by atoms with Gasteiger partial charge in [-0.05, 0) is 43.2 Å². The lowest BCUT2D eigenvalue weighted by Crippen LogP contribution is -2.36. The number of halogens is 1. The summed E-state index contributed by atoms with van der Waals surface area (Å²) >= 11 is 6.21. The largest absolute Gasteiger partial charge is 0.315 e. The summed E-state index contributed by atoms with van der Waals surface area (Å²) in [6, 6.07) is 15.8. The second kappa shape index (κ2) is 7.34. The second-order valence-electron chi connectivity index (χ2n) is 6.78. The van der Waals surface area contributed by atoms with Crippen LogP contribution in [0.5, 0.6) is 0 Å². The van der Waals surface area contributed by atoms with Crippen LogP contribution in [0.4, 0.5) is 11.6 Å². The van der Waals surface area contributed by atoms with Gasteiger partial charge in [-0.1, -0.05) is 41.9 Å². The molecule has 0 spiro atoms. The lowest BCUT2D eigenvalue weighted by Gasteiger charge is -2.30. The number of benzene rings is 2. The maximum Gasteiger partial charge on any atom is 0.210 e. The minimum Gasteiger partial charge on any atom is -0.315 e. The molecule has 0 radical (unpaired) electrons. The summed E-state index contributed by atoms with van der Waals surface area (Å²) in [5, 5.41) is 0.674. The van der Waals surface area contributed by atoms with E-state index in [0.717, 1.165) is 23.1 Å². The minimum absolute atomic E-state index is 0.586. The van der Waals surface area contributed by atoms with Gasteiger partial charge in [-0.3, -0.25) is 0 Å². The van der Waals surface area contributed by atoms with Crippen molar-refractivity contribution in [1.82, 2.24) is 9.55 Å². The van der Waals surface area contributed by atoms with Gasteiger partial charge in [0, 0.05) is 36.6 Å². The highest BCUT2D eigenvalue weighted by Gasteiger charge is 2.30. The van der Waals surface area contributed by atoms with Crippen LogP contribution in [0.25, 0.3) is 0 Å². The molecule has 0 amide bonds. The average molecular weight is 368 g/mol. The molecule has 3 rings (SSSR count). The first-order valence-electron chi connectivity index (χ1n) is 8.48. The van der Waals surface area contributed by atoms with Crippen LogP contribution in [0.15, 0.2) is 60.9 Å². The van der Waals surface area contributed by atoms with Crippen LogP contribution in [0.2, 0.25) is 5.02 Å². The molecule has 0 fully saturated rings. The Morgan fingerprint density at radius 2 is 1.96 bits per heavy atom. The van der Waals surface area contributed by atoms with Crippen molar-refractivity contribution < 1.29 is 4.79 Å². The van der Waals surface area contributed by atoms with Gasteiger partial charge < -0.3 is 14.3 Å². The van der Waals surface area contributed by atoms with Crippen LogP contribution in [0.3, 0.4) is 0 Å². The lowest BCUT2D eigenvalue weighted by molar-refractivity contribution is -0.114. The monoisotopic (exact) mass is 367 g/mol. The number of imidazole rings is 1. The van der Waals surface area contributed by atoms with E-state index in [2.05, 4.69) is 4.98 Å². The number of rotatable bonds is 6. The molecule has 3 aromatic rings. The van der Waals surface area contributed by atoms with Crippen molar-refractivity contribution in [3.8, 4) is 0 Å². The van der Waals surface area contributed by atoms with E-state index < -0.39 is 5.54 Å². The minimum atomic E-state index is -0.741. The molecule has 1 heterocycles. The van der Waals surface area contributed by atoms with Gasteiger partial charge in [-0.25, -0.2) is 4.98 Å². The van der Waals surface area contributed by atoms with Gasteiger partial charge in [0.1, 0.15) is 11.8 Å². The number of hydrogen-bond donors (Lipinski definition) is 0. The normalized spacial score (nSPS) is 13.2. The zero-order valence-corrected chi connectivity index (χ0v) is 15.9. The first-order valence-corrected chi connectivity index (χ1v) is 8.86. The molecule has 1 aromatic heterocycles. The van der Waals surface area contributed by atoms with E-state index in [0.29, 0.717) is 17.4 Å². The smallest absolute Gasteiger partial charge is 0.210 e. The summed E-state index contributed by atoms with van der Waals surface area (Å²) in [5.74, 6) is 0.692.